The van der Waals surface area contributed by atoms with Gasteiger partial charge in [0.15, 0.2) is 21.4 Å². The van der Waals surface area contributed by atoms with Crippen LogP contribution < -0.4 is 11.1 Å². The fourth-order valence-corrected chi connectivity index (χ4v) is 5.71. The molecule has 0 saturated carbocycles. The fraction of sp³-hybridized carbons (Fsp3) is 0.348. The minimum Gasteiger partial charge on any atom is -0.355 e. The summed E-state index contributed by atoms with van der Waals surface area (Å²) in [7, 11) is -3.72. The Morgan fingerprint density at radius 1 is 0.969 bits per heavy atom. The molecule has 0 spiro atoms. The van der Waals surface area contributed by atoms with E-state index in [1.165, 1.54) is 18.2 Å². The van der Waals surface area contributed by atoms with Crippen molar-refractivity contribution in [3.8, 4) is 0 Å². The molecule has 8 nitrogen and oxygen atoms in total. The second-order valence-electron chi connectivity index (χ2n) is 8.13. The summed E-state index contributed by atoms with van der Waals surface area (Å²) >= 11 is 0. The van der Waals surface area contributed by atoms with Crippen molar-refractivity contribution in [1.29, 1.82) is 0 Å². The summed E-state index contributed by atoms with van der Waals surface area (Å²) in [6, 6.07) is 10.7. The van der Waals surface area contributed by atoms with Gasteiger partial charge in [-0.25, -0.2) is 8.42 Å². The average Bonchev–Trinajstić information content (AvgIpc) is 2.81. The monoisotopic (exact) mass is 455 g/mol. The Bertz CT molecular complexity index is 1180. The summed E-state index contributed by atoms with van der Waals surface area (Å²) in [5, 5.41) is 2.77. The number of ketones is 2. The van der Waals surface area contributed by atoms with Crippen LogP contribution in [0, 0.1) is 5.92 Å². The number of piperidine rings is 1. The highest BCUT2D eigenvalue weighted by atomic mass is 32.2. The van der Waals surface area contributed by atoms with Gasteiger partial charge in [0.05, 0.1) is 4.90 Å². The maximum Gasteiger partial charge on any atom is 0.223 e. The van der Waals surface area contributed by atoms with E-state index in [9.17, 15) is 22.8 Å². The van der Waals surface area contributed by atoms with E-state index in [1.54, 1.807) is 29.2 Å². The van der Waals surface area contributed by atoms with Crippen LogP contribution in [-0.4, -0.2) is 62.8 Å². The van der Waals surface area contributed by atoms with Gasteiger partial charge in [-0.1, -0.05) is 24.3 Å². The van der Waals surface area contributed by atoms with Crippen molar-refractivity contribution >= 4 is 27.3 Å². The molecule has 168 valence electrons. The number of likely N-dealkylation sites (tertiary alicyclic amines) is 1. The van der Waals surface area contributed by atoms with E-state index in [1.807, 2.05) is 0 Å². The van der Waals surface area contributed by atoms with Gasteiger partial charge in [-0.3, -0.25) is 19.3 Å². The third kappa shape index (κ3) is 4.23. The lowest BCUT2D eigenvalue weighted by molar-refractivity contribution is -0.126. The smallest absolute Gasteiger partial charge is 0.223 e. The van der Waals surface area contributed by atoms with Gasteiger partial charge in [-0.15, -0.1) is 0 Å². The van der Waals surface area contributed by atoms with Gasteiger partial charge in [0.1, 0.15) is 5.88 Å². The van der Waals surface area contributed by atoms with E-state index in [-0.39, 0.29) is 50.9 Å². The molecule has 1 fully saturated rings. The number of nitrogens with zero attached hydrogens (tertiary/aromatic N) is 1. The summed E-state index contributed by atoms with van der Waals surface area (Å²) < 4.78 is 26.1. The number of nitrogens with one attached hydrogen (secondary N) is 1. The number of carbonyl (C=O) groups is 3. The van der Waals surface area contributed by atoms with Crippen molar-refractivity contribution in [3.63, 3.8) is 0 Å². The Kier molecular flexibility index (Phi) is 6.23. The van der Waals surface area contributed by atoms with Crippen LogP contribution in [0.25, 0.3) is 0 Å². The Balaban J connectivity index is 1.48. The maximum atomic E-state index is 13.0. The summed E-state index contributed by atoms with van der Waals surface area (Å²) in [6.07, 6.45) is 1.14. The predicted octanol–water partition coefficient (Wildman–Crippen LogP) is 0.980. The van der Waals surface area contributed by atoms with Crippen molar-refractivity contribution in [3.05, 3.63) is 64.7 Å². The molecule has 1 amide bonds. The third-order valence-corrected chi connectivity index (χ3v) is 7.69. The van der Waals surface area contributed by atoms with Crippen molar-refractivity contribution in [2.75, 3.05) is 32.1 Å². The number of carbonyl (C=O) groups excluding carboxylic acids is 3. The highest BCUT2D eigenvalue weighted by Gasteiger charge is 2.32. The zero-order valence-corrected chi connectivity index (χ0v) is 18.4. The van der Waals surface area contributed by atoms with Gasteiger partial charge < -0.3 is 11.1 Å². The normalized spacial score (nSPS) is 17.0. The third-order valence-electron chi connectivity index (χ3n) is 6.01. The predicted molar refractivity (Wildman–Crippen MR) is 118 cm³/mol. The fourth-order valence-electron chi connectivity index (χ4n) is 4.25. The molecule has 1 heterocycles. The molecule has 0 aromatic heterocycles. The number of sulfone groups is 1. The lowest BCUT2D eigenvalue weighted by atomic mass is 9.84. The molecule has 4 rings (SSSR count). The van der Waals surface area contributed by atoms with E-state index in [2.05, 4.69) is 5.32 Å². The van der Waals surface area contributed by atoms with Crippen LogP contribution in [-0.2, 0) is 14.6 Å². The molecule has 0 radical (unpaired) electrons. The van der Waals surface area contributed by atoms with Crippen LogP contribution >= 0.6 is 0 Å². The average molecular weight is 456 g/mol. The number of hydrogen-bond donors (Lipinski definition) is 2. The maximum absolute atomic E-state index is 13.0. The zero-order chi connectivity index (χ0) is 22.9. The first kappa shape index (κ1) is 22.3. The molecule has 9 heteroatoms. The van der Waals surface area contributed by atoms with Crippen LogP contribution in [0.5, 0.6) is 0 Å². The van der Waals surface area contributed by atoms with Gasteiger partial charge in [-0.05, 0) is 44.1 Å². The first-order valence-corrected chi connectivity index (χ1v) is 12.2. The molecule has 2 aromatic rings. The van der Waals surface area contributed by atoms with Crippen molar-refractivity contribution in [1.82, 2.24) is 10.2 Å². The Morgan fingerprint density at radius 2 is 1.56 bits per heavy atom. The zero-order valence-electron chi connectivity index (χ0n) is 17.5. The van der Waals surface area contributed by atoms with Gasteiger partial charge in [0, 0.05) is 41.3 Å². The first-order chi connectivity index (χ1) is 15.3. The molecule has 0 bridgehead atoms. The number of benzene rings is 2. The lowest BCUT2D eigenvalue weighted by Crippen LogP contribution is -2.43. The molecule has 0 atom stereocenters. The largest absolute Gasteiger partial charge is 0.355 e. The van der Waals surface area contributed by atoms with Crippen LogP contribution in [0.2, 0.25) is 0 Å². The van der Waals surface area contributed by atoms with E-state index < -0.39 is 9.84 Å². The number of nitrogens with two attached hydrogens (primary N) is 1. The highest BCUT2D eigenvalue weighted by Crippen LogP contribution is 2.29. The summed E-state index contributed by atoms with van der Waals surface area (Å²) in [5.74, 6) is -1.03. The molecule has 2 aromatic carbocycles. The van der Waals surface area contributed by atoms with E-state index in [4.69, 9.17) is 5.73 Å². The minimum absolute atomic E-state index is 0.0135. The number of fused-ring (bicyclic) bond motifs is 2. The second-order valence-corrected chi connectivity index (χ2v) is 10.1. The Hall–Kier alpha value is -2.88. The SMILES string of the molecule is NCCNC(=O)C1CCN(CS(=O)(=O)c2ccc3c(c2)C(=O)c2ccccc2C3=O)CC1. The highest BCUT2D eigenvalue weighted by molar-refractivity contribution is 7.91. The Morgan fingerprint density at radius 3 is 2.19 bits per heavy atom. The molecule has 3 N–H and O–H groups in total. The quantitative estimate of drug-likeness (QED) is 0.567. The van der Waals surface area contributed by atoms with Crippen molar-refractivity contribution < 1.29 is 22.8 Å². The second kappa shape index (κ2) is 8.93. The standard InChI is InChI=1S/C23H25N3O5S/c24-9-10-25-23(29)15-7-11-26(12-8-15)14-32(30,31)16-5-6-19-20(13-16)22(28)18-4-2-1-3-17(18)21(19)27/h1-6,13,15H,7-12,14,24H2,(H,25,29). The van der Waals surface area contributed by atoms with Gasteiger partial charge in [0.25, 0.3) is 0 Å². The molecule has 1 aliphatic carbocycles. The molecule has 1 saturated heterocycles. The van der Waals surface area contributed by atoms with Crippen molar-refractivity contribution in [2.24, 2.45) is 11.7 Å². The van der Waals surface area contributed by atoms with Crippen LogP contribution in [0.4, 0.5) is 0 Å². The Labute approximate surface area is 186 Å². The molecule has 0 unspecified atom stereocenters. The van der Waals surface area contributed by atoms with E-state index in [0.717, 1.165) is 0 Å². The van der Waals surface area contributed by atoms with Crippen LogP contribution in [0.15, 0.2) is 47.4 Å². The van der Waals surface area contributed by atoms with Crippen molar-refractivity contribution in [2.45, 2.75) is 17.7 Å². The molecule has 1 aliphatic heterocycles. The summed E-state index contributed by atoms with van der Waals surface area (Å²) in [6.45, 7) is 1.77. The number of hydrogen-bond acceptors (Lipinski definition) is 7. The molecule has 32 heavy (non-hydrogen) atoms. The van der Waals surface area contributed by atoms with E-state index >= 15 is 0 Å². The topological polar surface area (TPSA) is 127 Å². The van der Waals surface area contributed by atoms with Crippen LogP contribution in [0.3, 0.4) is 0 Å². The summed E-state index contributed by atoms with van der Waals surface area (Å²) in [5.41, 5.74) is 6.36. The number of rotatable bonds is 6. The minimum atomic E-state index is -3.72. The molecular formula is C23H25N3O5S. The lowest BCUT2D eigenvalue weighted by Gasteiger charge is -2.31. The van der Waals surface area contributed by atoms with Gasteiger partial charge in [-0.2, -0.15) is 0 Å². The molecular weight excluding hydrogens is 430 g/mol. The van der Waals surface area contributed by atoms with Gasteiger partial charge >= 0.3 is 0 Å². The number of amides is 1. The van der Waals surface area contributed by atoms with Crippen LogP contribution in [0.1, 0.15) is 44.7 Å². The van der Waals surface area contributed by atoms with E-state index in [0.29, 0.717) is 44.6 Å². The van der Waals surface area contributed by atoms with Gasteiger partial charge in [0.2, 0.25) is 5.91 Å². The summed E-state index contributed by atoms with van der Waals surface area (Å²) in [4.78, 5) is 39.5. The first-order valence-electron chi connectivity index (χ1n) is 10.6. The molecule has 2 aliphatic rings.